The molecule has 0 radical (unpaired) electrons. The maximum Gasteiger partial charge on any atom is 0.308 e. The fourth-order valence-corrected chi connectivity index (χ4v) is 9.51. The largest absolute Gasteiger partial charge is 0.481 e. The highest BCUT2D eigenvalue weighted by atomic mass is 79.9. The van der Waals surface area contributed by atoms with Gasteiger partial charge >= 0.3 is 5.97 Å². The first-order valence-electron chi connectivity index (χ1n) is 11.4. The lowest BCUT2D eigenvalue weighted by Crippen LogP contribution is -2.57. The highest BCUT2D eigenvalue weighted by molar-refractivity contribution is 9.09. The number of amides is 2. The Morgan fingerprint density at radius 1 is 1.43 bits per heavy atom. The molecule has 2 aromatic rings. The summed E-state index contributed by atoms with van der Waals surface area (Å²) in [5, 5.41) is 28.0. The Morgan fingerprint density at radius 2 is 2.17 bits per heavy atom. The molecule has 3 saturated heterocycles. The highest BCUT2D eigenvalue weighted by Gasteiger charge is 2.76. The lowest BCUT2D eigenvalue weighted by molar-refractivity contribution is -0.149. The molecule has 35 heavy (non-hydrogen) atoms. The number of carboxylic acids is 1. The number of rotatable bonds is 8. The summed E-state index contributed by atoms with van der Waals surface area (Å²) in [4.78, 5) is 43.0. The molecule has 3 aliphatic rings. The molecular weight excluding hydrogens is 538 g/mol. The second kappa shape index (κ2) is 8.90. The summed E-state index contributed by atoms with van der Waals surface area (Å²) in [6.45, 7) is 5.43. The van der Waals surface area contributed by atoms with Crippen molar-refractivity contribution < 1.29 is 24.6 Å². The van der Waals surface area contributed by atoms with Gasteiger partial charge in [0.15, 0.2) is 0 Å². The molecule has 186 valence electrons. The number of aromatic nitrogens is 3. The number of halogens is 1. The number of thioether (sulfide) groups is 1. The van der Waals surface area contributed by atoms with Crippen molar-refractivity contribution in [2.45, 2.75) is 46.9 Å². The van der Waals surface area contributed by atoms with Crippen molar-refractivity contribution in [2.24, 2.45) is 11.8 Å². The molecule has 1 spiro atoms. The van der Waals surface area contributed by atoms with Gasteiger partial charge in [0.2, 0.25) is 11.8 Å². The maximum absolute atomic E-state index is 14.2. The predicted octanol–water partition coefficient (Wildman–Crippen LogP) is 1.33. The van der Waals surface area contributed by atoms with Gasteiger partial charge in [0, 0.05) is 16.6 Å². The topological polar surface area (TPSA) is 129 Å². The summed E-state index contributed by atoms with van der Waals surface area (Å²) >= 11 is 5.05. The van der Waals surface area contributed by atoms with Gasteiger partial charge in [0.1, 0.15) is 18.2 Å². The standard InChI is InChI=1S/C23H26BrN5O5S/c1-3-8-27(11-28-15-7-5-4-6-14(15)25-26-28)21(32)19-23-9-13(24)18(35-23)16(22(33)34)17(23)20(31)29(19)12(2)10-30/h3-7,12-13,16-19,30H,1,8-11H2,2H3,(H,33,34)/t12-,13?,16-,17+,18-,19?,23?/m1/s1. The minimum atomic E-state index is -1.03. The molecule has 3 unspecified atom stereocenters. The molecule has 10 nitrogen and oxygen atoms in total. The van der Waals surface area contributed by atoms with Crippen LogP contribution in [0.3, 0.4) is 0 Å². The zero-order valence-electron chi connectivity index (χ0n) is 19.0. The maximum atomic E-state index is 14.2. The van der Waals surface area contributed by atoms with Crippen LogP contribution in [0, 0.1) is 11.8 Å². The quantitative estimate of drug-likeness (QED) is 0.363. The Kier molecular flexibility index (Phi) is 6.17. The lowest BCUT2D eigenvalue weighted by atomic mass is 9.71. The van der Waals surface area contributed by atoms with Gasteiger partial charge in [0.25, 0.3) is 0 Å². The Labute approximate surface area is 214 Å². The molecule has 2 amide bonds. The van der Waals surface area contributed by atoms with Crippen molar-refractivity contribution >= 4 is 56.5 Å². The first kappa shape index (κ1) is 24.3. The number of nitrogens with zero attached hydrogens (tertiary/aromatic N) is 5. The van der Waals surface area contributed by atoms with Crippen LogP contribution in [0.2, 0.25) is 0 Å². The number of benzene rings is 1. The molecule has 4 heterocycles. The molecule has 12 heteroatoms. The first-order chi connectivity index (χ1) is 16.7. The van der Waals surface area contributed by atoms with Crippen LogP contribution in [-0.4, -0.2) is 92.8 Å². The molecule has 0 aliphatic carbocycles. The number of para-hydroxylation sites is 1. The van der Waals surface area contributed by atoms with Crippen LogP contribution in [0.5, 0.6) is 0 Å². The molecule has 7 atom stereocenters. The molecule has 1 aromatic carbocycles. The van der Waals surface area contributed by atoms with E-state index in [1.54, 1.807) is 22.6 Å². The number of carboxylic acid groups (broad SMARTS) is 1. The van der Waals surface area contributed by atoms with Crippen LogP contribution in [0.15, 0.2) is 36.9 Å². The van der Waals surface area contributed by atoms with Crippen molar-refractivity contribution in [3.63, 3.8) is 0 Å². The summed E-state index contributed by atoms with van der Waals surface area (Å²) in [5.41, 5.74) is 1.45. The Hall–Kier alpha value is -2.44. The third kappa shape index (κ3) is 3.52. The van der Waals surface area contributed by atoms with E-state index in [1.807, 2.05) is 24.3 Å². The van der Waals surface area contributed by atoms with Gasteiger partial charge in [-0.2, -0.15) is 0 Å². The predicted molar refractivity (Wildman–Crippen MR) is 133 cm³/mol. The number of fused-ring (bicyclic) bond motifs is 2. The Balaban J connectivity index is 1.56. The normalized spacial score (nSPS) is 32.1. The van der Waals surface area contributed by atoms with Crippen molar-refractivity contribution in [1.29, 1.82) is 0 Å². The lowest BCUT2D eigenvalue weighted by Gasteiger charge is -2.39. The summed E-state index contributed by atoms with van der Waals surface area (Å²) in [7, 11) is 0. The zero-order chi connectivity index (χ0) is 25.1. The van der Waals surface area contributed by atoms with Gasteiger partial charge in [-0.15, -0.1) is 23.4 Å². The smallest absolute Gasteiger partial charge is 0.308 e. The van der Waals surface area contributed by atoms with Crippen LogP contribution in [0.4, 0.5) is 0 Å². The van der Waals surface area contributed by atoms with Crippen molar-refractivity contribution in [1.82, 2.24) is 24.8 Å². The molecular formula is C23H26BrN5O5S. The molecule has 1 aromatic heterocycles. The number of aliphatic carboxylic acids is 1. The van der Waals surface area contributed by atoms with Gasteiger partial charge in [0.05, 0.1) is 34.7 Å². The molecule has 2 bridgehead atoms. The van der Waals surface area contributed by atoms with E-state index < -0.39 is 34.6 Å². The van der Waals surface area contributed by atoms with E-state index in [0.29, 0.717) is 11.9 Å². The molecule has 2 N–H and O–H groups in total. The first-order valence-corrected chi connectivity index (χ1v) is 13.2. The fourth-order valence-electron chi connectivity index (χ4n) is 5.92. The third-order valence-electron chi connectivity index (χ3n) is 7.37. The van der Waals surface area contributed by atoms with Crippen molar-refractivity contribution in [2.75, 3.05) is 13.2 Å². The van der Waals surface area contributed by atoms with E-state index in [4.69, 9.17) is 0 Å². The van der Waals surface area contributed by atoms with Gasteiger partial charge in [-0.25, -0.2) is 4.68 Å². The number of carbonyl (C=O) groups excluding carboxylic acids is 2. The fraction of sp³-hybridized carbons (Fsp3) is 0.522. The van der Waals surface area contributed by atoms with E-state index in [2.05, 4.69) is 32.8 Å². The van der Waals surface area contributed by atoms with Gasteiger partial charge in [-0.3, -0.25) is 14.4 Å². The second-order valence-corrected chi connectivity index (χ2v) is 12.1. The van der Waals surface area contributed by atoms with E-state index in [1.165, 1.54) is 16.7 Å². The summed E-state index contributed by atoms with van der Waals surface area (Å²) in [5.74, 6) is -3.46. The van der Waals surface area contributed by atoms with Gasteiger partial charge in [-0.1, -0.05) is 39.4 Å². The van der Waals surface area contributed by atoms with E-state index in [9.17, 15) is 24.6 Å². The zero-order valence-corrected chi connectivity index (χ0v) is 21.4. The Morgan fingerprint density at radius 3 is 2.86 bits per heavy atom. The molecule has 3 aliphatic heterocycles. The van der Waals surface area contributed by atoms with E-state index in [-0.39, 0.29) is 41.7 Å². The number of hydrogen-bond acceptors (Lipinski definition) is 7. The number of carbonyl (C=O) groups is 3. The van der Waals surface area contributed by atoms with Gasteiger partial charge < -0.3 is 20.0 Å². The Bertz CT molecular complexity index is 1210. The molecule has 3 fully saturated rings. The molecule has 5 rings (SSSR count). The third-order valence-corrected chi connectivity index (χ3v) is 10.6. The SMILES string of the molecule is C=CCN(Cn1nnc2ccccc21)C(=O)C1N([C@H](C)CO)C(=O)[C@@H]2[C@@H](C(=O)O)[C@@H]3SC12CC3Br. The number of aliphatic hydroxyl groups excluding tert-OH is 1. The summed E-state index contributed by atoms with van der Waals surface area (Å²) in [6.07, 6.45) is 2.09. The summed E-state index contributed by atoms with van der Waals surface area (Å²) < 4.78 is 0.721. The van der Waals surface area contributed by atoms with Crippen LogP contribution < -0.4 is 0 Å². The molecule has 0 saturated carbocycles. The highest BCUT2D eigenvalue weighted by Crippen LogP contribution is 2.68. The number of aliphatic hydroxyl groups is 1. The van der Waals surface area contributed by atoms with E-state index in [0.717, 1.165) is 5.52 Å². The second-order valence-electron chi connectivity index (χ2n) is 9.35. The van der Waals surface area contributed by atoms with Gasteiger partial charge in [-0.05, 0) is 25.5 Å². The van der Waals surface area contributed by atoms with Crippen LogP contribution in [0.1, 0.15) is 13.3 Å². The average Bonchev–Trinajstić information content (AvgIpc) is 3.55. The van der Waals surface area contributed by atoms with E-state index >= 15 is 0 Å². The van der Waals surface area contributed by atoms with Crippen molar-refractivity contribution in [3.05, 3.63) is 36.9 Å². The summed E-state index contributed by atoms with van der Waals surface area (Å²) in [6, 6.07) is 5.85. The average molecular weight is 564 g/mol. The number of likely N-dealkylation sites (tertiary alicyclic amines) is 1. The van der Waals surface area contributed by atoms with Crippen LogP contribution >= 0.6 is 27.7 Å². The minimum absolute atomic E-state index is 0.0896. The minimum Gasteiger partial charge on any atom is -0.481 e. The van der Waals surface area contributed by atoms with Crippen molar-refractivity contribution in [3.8, 4) is 0 Å². The van der Waals surface area contributed by atoms with Crippen LogP contribution in [-0.2, 0) is 21.1 Å². The number of hydrogen-bond donors (Lipinski definition) is 2. The monoisotopic (exact) mass is 563 g/mol. The number of alkyl halides is 1. The van der Waals surface area contributed by atoms with Crippen LogP contribution in [0.25, 0.3) is 11.0 Å².